The van der Waals surface area contributed by atoms with E-state index in [0.717, 1.165) is 42.2 Å². The molecule has 1 aliphatic carbocycles. The SMILES string of the molecule is [C-]#[N+]c1ccc(Cn2c(N3C[C@@H]4CC[C@H](N)[C@@H]4C3)nc3ccccc32)nc1. The van der Waals surface area contributed by atoms with Gasteiger partial charge in [0.2, 0.25) is 11.6 Å². The third-order valence-electron chi connectivity index (χ3n) is 6.09. The number of nitrogens with two attached hydrogens (primary N) is 1. The van der Waals surface area contributed by atoms with E-state index in [1.165, 1.54) is 6.42 Å². The second-order valence-electron chi connectivity index (χ2n) is 7.68. The molecule has 3 heterocycles. The van der Waals surface area contributed by atoms with Gasteiger partial charge in [0.15, 0.2) is 0 Å². The molecule has 0 bridgehead atoms. The third-order valence-corrected chi connectivity index (χ3v) is 6.09. The van der Waals surface area contributed by atoms with Crippen molar-refractivity contribution in [3.05, 3.63) is 59.7 Å². The summed E-state index contributed by atoms with van der Waals surface area (Å²) in [6.45, 7) is 9.76. The minimum atomic E-state index is 0.320. The van der Waals surface area contributed by atoms with Crippen LogP contribution in [0.5, 0.6) is 0 Å². The maximum atomic E-state index is 7.10. The highest BCUT2D eigenvalue weighted by atomic mass is 15.3. The summed E-state index contributed by atoms with van der Waals surface area (Å²) in [5.41, 5.74) is 9.96. The van der Waals surface area contributed by atoms with Gasteiger partial charge in [-0.2, -0.15) is 0 Å². The van der Waals surface area contributed by atoms with Crippen LogP contribution in [0.2, 0.25) is 0 Å². The Morgan fingerprint density at radius 3 is 2.81 bits per heavy atom. The minimum Gasteiger partial charge on any atom is -0.342 e. The van der Waals surface area contributed by atoms with E-state index in [1.807, 2.05) is 18.2 Å². The predicted octanol–water partition coefficient (Wildman–Crippen LogP) is 3.20. The highest BCUT2D eigenvalue weighted by molar-refractivity contribution is 5.79. The minimum absolute atomic E-state index is 0.320. The molecular weight excluding hydrogens is 336 g/mol. The molecule has 6 heteroatoms. The van der Waals surface area contributed by atoms with Crippen molar-refractivity contribution < 1.29 is 0 Å². The highest BCUT2D eigenvalue weighted by Crippen LogP contribution is 2.39. The third kappa shape index (κ3) is 2.75. The van der Waals surface area contributed by atoms with Gasteiger partial charge in [-0.3, -0.25) is 4.98 Å². The molecule has 0 unspecified atom stereocenters. The van der Waals surface area contributed by atoms with Crippen molar-refractivity contribution in [3.8, 4) is 0 Å². The van der Waals surface area contributed by atoms with Crippen molar-refractivity contribution in [2.75, 3.05) is 18.0 Å². The molecule has 1 aromatic carbocycles. The van der Waals surface area contributed by atoms with Crippen LogP contribution in [0, 0.1) is 18.4 Å². The average Bonchev–Trinajstić information content (AvgIpc) is 3.37. The van der Waals surface area contributed by atoms with Gasteiger partial charge in [-0.25, -0.2) is 9.83 Å². The van der Waals surface area contributed by atoms with Gasteiger partial charge in [-0.1, -0.05) is 18.2 Å². The number of hydrogen-bond donors (Lipinski definition) is 1. The topological polar surface area (TPSA) is 64.3 Å². The predicted molar refractivity (Wildman–Crippen MR) is 106 cm³/mol. The average molecular weight is 358 g/mol. The maximum Gasteiger partial charge on any atom is 0.206 e. The molecule has 136 valence electrons. The van der Waals surface area contributed by atoms with E-state index in [2.05, 4.69) is 37.5 Å². The molecule has 2 N–H and O–H groups in total. The van der Waals surface area contributed by atoms with Crippen LogP contribution < -0.4 is 10.6 Å². The fraction of sp³-hybridized carbons (Fsp3) is 0.381. The normalized spacial score (nSPS) is 24.3. The maximum absolute atomic E-state index is 7.10. The molecule has 1 aliphatic heterocycles. The zero-order valence-electron chi connectivity index (χ0n) is 15.1. The lowest BCUT2D eigenvalue weighted by molar-refractivity contribution is 0.453. The summed E-state index contributed by atoms with van der Waals surface area (Å²) in [5.74, 6) is 2.27. The van der Waals surface area contributed by atoms with Crippen molar-refractivity contribution in [1.82, 2.24) is 14.5 Å². The number of fused-ring (bicyclic) bond motifs is 2. The Morgan fingerprint density at radius 2 is 2.04 bits per heavy atom. The first kappa shape index (κ1) is 16.3. The summed E-state index contributed by atoms with van der Waals surface area (Å²) in [6.07, 6.45) is 4.01. The Bertz CT molecular complexity index is 1020. The van der Waals surface area contributed by atoms with E-state index >= 15 is 0 Å². The number of rotatable bonds is 3. The first-order valence-corrected chi connectivity index (χ1v) is 9.51. The first-order chi connectivity index (χ1) is 13.2. The van der Waals surface area contributed by atoms with E-state index in [9.17, 15) is 0 Å². The molecule has 6 nitrogen and oxygen atoms in total. The van der Waals surface area contributed by atoms with Gasteiger partial charge in [0, 0.05) is 25.3 Å². The number of benzene rings is 1. The van der Waals surface area contributed by atoms with E-state index < -0.39 is 0 Å². The Hall–Kier alpha value is -2.91. The van der Waals surface area contributed by atoms with Gasteiger partial charge >= 0.3 is 0 Å². The zero-order chi connectivity index (χ0) is 18.4. The summed E-state index contributed by atoms with van der Waals surface area (Å²) >= 11 is 0. The lowest BCUT2D eigenvalue weighted by Crippen LogP contribution is -2.31. The van der Waals surface area contributed by atoms with E-state index in [1.54, 1.807) is 6.20 Å². The molecule has 1 saturated heterocycles. The van der Waals surface area contributed by atoms with Crippen molar-refractivity contribution in [2.45, 2.75) is 25.4 Å². The van der Waals surface area contributed by atoms with E-state index in [4.69, 9.17) is 17.3 Å². The number of para-hydroxylation sites is 2. The van der Waals surface area contributed by atoms with Crippen LogP contribution in [0.4, 0.5) is 11.6 Å². The smallest absolute Gasteiger partial charge is 0.206 e. The standard InChI is InChI=1S/C21H22N6/c1-23-15-7-8-16(24-10-15)12-27-20-5-3-2-4-19(20)25-21(27)26-11-14-6-9-18(22)17(14)13-26/h2-5,7-8,10,14,17-18H,6,9,11-13,22H2/t14-,17+,18-/m0/s1. The highest BCUT2D eigenvalue weighted by Gasteiger charge is 2.42. The molecule has 1 saturated carbocycles. The Balaban J connectivity index is 1.52. The molecule has 2 fully saturated rings. The fourth-order valence-electron chi connectivity index (χ4n) is 4.67. The van der Waals surface area contributed by atoms with Gasteiger partial charge in [-0.05, 0) is 42.9 Å². The fourth-order valence-corrected chi connectivity index (χ4v) is 4.67. The van der Waals surface area contributed by atoms with Crippen LogP contribution in [0.15, 0.2) is 42.6 Å². The van der Waals surface area contributed by atoms with Crippen LogP contribution >= 0.6 is 0 Å². The molecule has 0 amide bonds. The van der Waals surface area contributed by atoms with Gasteiger partial charge < -0.3 is 15.2 Å². The van der Waals surface area contributed by atoms with Crippen molar-refractivity contribution in [3.63, 3.8) is 0 Å². The molecule has 5 rings (SSSR count). The van der Waals surface area contributed by atoms with Gasteiger partial charge in [0.1, 0.15) is 0 Å². The van der Waals surface area contributed by atoms with Crippen molar-refractivity contribution >= 4 is 22.7 Å². The van der Waals surface area contributed by atoms with Crippen LogP contribution in [-0.2, 0) is 6.54 Å². The van der Waals surface area contributed by atoms with Gasteiger partial charge in [-0.15, -0.1) is 0 Å². The molecule has 0 radical (unpaired) electrons. The first-order valence-electron chi connectivity index (χ1n) is 9.51. The second-order valence-corrected chi connectivity index (χ2v) is 7.68. The van der Waals surface area contributed by atoms with Crippen molar-refractivity contribution in [1.29, 1.82) is 0 Å². The molecule has 0 spiro atoms. The van der Waals surface area contributed by atoms with Crippen LogP contribution in [0.3, 0.4) is 0 Å². The van der Waals surface area contributed by atoms with E-state index in [-0.39, 0.29) is 0 Å². The number of imidazole rings is 1. The lowest BCUT2D eigenvalue weighted by Gasteiger charge is -2.21. The summed E-state index contributed by atoms with van der Waals surface area (Å²) in [5, 5.41) is 0. The van der Waals surface area contributed by atoms with Gasteiger partial charge in [0.25, 0.3) is 0 Å². The Morgan fingerprint density at radius 1 is 1.15 bits per heavy atom. The summed E-state index contributed by atoms with van der Waals surface area (Å²) < 4.78 is 2.25. The molecule has 2 aliphatic rings. The van der Waals surface area contributed by atoms with Crippen LogP contribution in [0.1, 0.15) is 18.5 Å². The van der Waals surface area contributed by atoms with Crippen molar-refractivity contribution in [2.24, 2.45) is 17.6 Å². The Kier molecular flexibility index (Phi) is 3.83. The van der Waals surface area contributed by atoms with Gasteiger partial charge in [0.05, 0.1) is 29.8 Å². The van der Waals surface area contributed by atoms with Crippen LogP contribution in [0.25, 0.3) is 15.9 Å². The number of pyridine rings is 1. The number of anilines is 1. The molecule has 3 atom stereocenters. The number of hydrogen-bond acceptors (Lipinski definition) is 4. The largest absolute Gasteiger partial charge is 0.342 e. The lowest BCUT2D eigenvalue weighted by atomic mass is 9.98. The summed E-state index contributed by atoms with van der Waals surface area (Å²) in [7, 11) is 0. The second kappa shape index (κ2) is 6.36. The Labute approximate surface area is 158 Å². The summed E-state index contributed by atoms with van der Waals surface area (Å²) in [6, 6.07) is 12.3. The molecular formula is C21H22N6. The molecule has 27 heavy (non-hydrogen) atoms. The quantitative estimate of drug-likeness (QED) is 0.730. The molecule has 3 aromatic rings. The van der Waals surface area contributed by atoms with Crippen LogP contribution in [-0.4, -0.2) is 33.7 Å². The molecule has 2 aromatic heterocycles. The zero-order valence-corrected chi connectivity index (χ0v) is 15.1. The number of aromatic nitrogens is 3. The number of nitrogens with zero attached hydrogens (tertiary/aromatic N) is 5. The monoisotopic (exact) mass is 358 g/mol. The summed E-state index contributed by atoms with van der Waals surface area (Å²) in [4.78, 5) is 15.2. The van der Waals surface area contributed by atoms with E-state index in [0.29, 0.717) is 30.1 Å².